The third kappa shape index (κ3) is 6.12. The molecule has 1 N–H and O–H groups in total. The largest absolute Gasteiger partial charge is 0.482 e. The van der Waals surface area contributed by atoms with Gasteiger partial charge in [0.15, 0.2) is 6.61 Å². The fraction of sp³-hybridized carbons (Fsp3) is 0.300. The van der Waals surface area contributed by atoms with Crippen LogP contribution in [0.2, 0.25) is 10.0 Å². The predicted octanol–water partition coefficient (Wildman–Crippen LogP) is 4.69. The van der Waals surface area contributed by atoms with Crippen molar-refractivity contribution in [2.45, 2.75) is 25.9 Å². The minimum Gasteiger partial charge on any atom is -0.482 e. The molecule has 0 fully saturated rings. The molecule has 5 nitrogen and oxygen atoms in total. The lowest BCUT2D eigenvalue weighted by molar-refractivity contribution is -0.142. The highest BCUT2D eigenvalue weighted by Crippen LogP contribution is 2.28. The second-order valence-electron chi connectivity index (χ2n) is 6.05. The Bertz CT molecular complexity index is 831. The number of likely N-dealkylation sites (N-methyl/N-ethyl adjacent to an activating group) is 1. The first kappa shape index (κ1) is 22.5. The van der Waals surface area contributed by atoms with E-state index in [2.05, 4.69) is 21.2 Å². The number of rotatable bonds is 8. The summed E-state index contributed by atoms with van der Waals surface area (Å²) < 4.78 is 6.41. The van der Waals surface area contributed by atoms with E-state index in [1.807, 2.05) is 19.1 Å². The Morgan fingerprint density at radius 3 is 2.43 bits per heavy atom. The zero-order chi connectivity index (χ0) is 20.7. The quantitative estimate of drug-likeness (QED) is 0.587. The molecule has 8 heteroatoms. The van der Waals surface area contributed by atoms with Crippen LogP contribution in [0.1, 0.15) is 18.9 Å². The van der Waals surface area contributed by atoms with Gasteiger partial charge in [-0.25, -0.2) is 0 Å². The minimum absolute atomic E-state index is 0.230. The van der Waals surface area contributed by atoms with Crippen molar-refractivity contribution in [3.63, 3.8) is 0 Å². The Morgan fingerprint density at radius 1 is 1.18 bits per heavy atom. The van der Waals surface area contributed by atoms with Crippen LogP contribution in [-0.2, 0) is 16.1 Å². The van der Waals surface area contributed by atoms with Crippen LogP contribution in [0.15, 0.2) is 46.9 Å². The van der Waals surface area contributed by atoms with Gasteiger partial charge < -0.3 is 15.0 Å². The molecule has 0 heterocycles. The lowest BCUT2D eigenvalue weighted by Gasteiger charge is -2.30. The van der Waals surface area contributed by atoms with Crippen molar-refractivity contribution in [3.8, 4) is 5.75 Å². The second kappa shape index (κ2) is 10.7. The average Bonchev–Trinajstić information content (AvgIpc) is 2.68. The fourth-order valence-corrected chi connectivity index (χ4v) is 3.54. The topological polar surface area (TPSA) is 58.6 Å². The van der Waals surface area contributed by atoms with Crippen LogP contribution < -0.4 is 10.1 Å². The molecule has 0 aliphatic carbocycles. The standard InChI is InChI=1S/C20H21BrCl2N2O3/c1-3-17(20(27)24-2)25(11-13-4-7-15(22)8-5-13)19(26)12-28-18-9-6-14(21)10-16(18)23/h4-10,17H,3,11-12H2,1-2H3,(H,24,27)/t17-/m0/s1. The van der Waals surface area contributed by atoms with Crippen molar-refractivity contribution in [1.29, 1.82) is 0 Å². The van der Waals surface area contributed by atoms with Crippen LogP contribution in [0.3, 0.4) is 0 Å². The Kier molecular flexibility index (Phi) is 8.60. The van der Waals surface area contributed by atoms with E-state index in [4.69, 9.17) is 27.9 Å². The number of carbonyl (C=O) groups is 2. The number of ether oxygens (including phenoxy) is 1. The van der Waals surface area contributed by atoms with E-state index in [0.29, 0.717) is 22.2 Å². The van der Waals surface area contributed by atoms with E-state index < -0.39 is 6.04 Å². The predicted molar refractivity (Wildman–Crippen MR) is 115 cm³/mol. The van der Waals surface area contributed by atoms with Gasteiger partial charge in [-0.2, -0.15) is 0 Å². The van der Waals surface area contributed by atoms with Gasteiger partial charge in [0.2, 0.25) is 5.91 Å². The molecule has 0 bridgehead atoms. The molecule has 1 atom stereocenters. The Morgan fingerprint density at radius 2 is 1.86 bits per heavy atom. The fourth-order valence-electron chi connectivity index (χ4n) is 2.69. The average molecular weight is 488 g/mol. The van der Waals surface area contributed by atoms with Crippen LogP contribution >= 0.6 is 39.1 Å². The van der Waals surface area contributed by atoms with Gasteiger partial charge in [0.25, 0.3) is 5.91 Å². The molecule has 2 aromatic rings. The van der Waals surface area contributed by atoms with Crippen molar-refractivity contribution < 1.29 is 14.3 Å². The van der Waals surface area contributed by atoms with Crippen molar-refractivity contribution in [3.05, 3.63) is 62.5 Å². The van der Waals surface area contributed by atoms with Crippen LogP contribution in [0.4, 0.5) is 0 Å². The molecule has 0 aliphatic rings. The van der Waals surface area contributed by atoms with E-state index in [1.54, 1.807) is 37.4 Å². The number of nitrogens with zero attached hydrogens (tertiary/aromatic N) is 1. The minimum atomic E-state index is -0.614. The highest BCUT2D eigenvalue weighted by Gasteiger charge is 2.28. The molecule has 150 valence electrons. The number of benzene rings is 2. The molecule has 0 spiro atoms. The van der Waals surface area contributed by atoms with Gasteiger partial charge in [-0.15, -0.1) is 0 Å². The maximum Gasteiger partial charge on any atom is 0.261 e. The normalized spacial score (nSPS) is 11.6. The highest BCUT2D eigenvalue weighted by molar-refractivity contribution is 9.10. The van der Waals surface area contributed by atoms with E-state index >= 15 is 0 Å². The maximum absolute atomic E-state index is 12.9. The van der Waals surface area contributed by atoms with E-state index in [9.17, 15) is 9.59 Å². The molecule has 2 rings (SSSR count). The SMILES string of the molecule is CC[C@@H](C(=O)NC)N(Cc1ccc(Cl)cc1)C(=O)COc1ccc(Br)cc1Cl. The van der Waals surface area contributed by atoms with Crippen LogP contribution in [0.5, 0.6) is 5.75 Å². The second-order valence-corrected chi connectivity index (χ2v) is 7.81. The number of nitrogens with one attached hydrogen (secondary N) is 1. The molecule has 0 saturated carbocycles. The van der Waals surface area contributed by atoms with E-state index in [1.165, 1.54) is 4.90 Å². The van der Waals surface area contributed by atoms with Gasteiger partial charge in [0, 0.05) is 23.1 Å². The molecular formula is C20H21BrCl2N2O3. The summed E-state index contributed by atoms with van der Waals surface area (Å²) in [4.78, 5) is 26.7. The Labute approximate surface area is 183 Å². The first-order valence-corrected chi connectivity index (χ1v) is 10.2. The summed E-state index contributed by atoms with van der Waals surface area (Å²) >= 11 is 15.4. The first-order valence-electron chi connectivity index (χ1n) is 8.69. The zero-order valence-corrected chi connectivity index (χ0v) is 18.6. The van der Waals surface area contributed by atoms with E-state index in [0.717, 1.165) is 10.0 Å². The third-order valence-electron chi connectivity index (χ3n) is 4.14. The summed E-state index contributed by atoms with van der Waals surface area (Å²) in [5.74, 6) is -0.145. The molecule has 28 heavy (non-hydrogen) atoms. The van der Waals surface area contributed by atoms with Gasteiger partial charge in [-0.05, 0) is 42.3 Å². The lowest BCUT2D eigenvalue weighted by atomic mass is 10.1. The van der Waals surface area contributed by atoms with Crippen LogP contribution in [0.25, 0.3) is 0 Å². The van der Waals surface area contributed by atoms with Gasteiger partial charge in [0.05, 0.1) is 5.02 Å². The number of halogens is 3. The van der Waals surface area contributed by atoms with Crippen molar-refractivity contribution >= 4 is 50.9 Å². The van der Waals surface area contributed by atoms with Gasteiger partial charge in [-0.3, -0.25) is 9.59 Å². The third-order valence-corrected chi connectivity index (χ3v) is 5.18. The molecule has 0 aliphatic heterocycles. The number of amides is 2. The Balaban J connectivity index is 2.19. The summed E-state index contributed by atoms with van der Waals surface area (Å²) in [7, 11) is 1.55. The molecular weight excluding hydrogens is 467 g/mol. The number of hydrogen-bond donors (Lipinski definition) is 1. The van der Waals surface area contributed by atoms with Crippen molar-refractivity contribution in [2.75, 3.05) is 13.7 Å². The lowest BCUT2D eigenvalue weighted by Crippen LogP contribution is -2.49. The molecule has 0 unspecified atom stereocenters. The van der Waals surface area contributed by atoms with Crippen LogP contribution in [-0.4, -0.2) is 36.4 Å². The first-order chi connectivity index (χ1) is 13.3. The van der Waals surface area contributed by atoms with Gasteiger partial charge in [-0.1, -0.05) is 58.2 Å². The van der Waals surface area contributed by atoms with E-state index in [-0.39, 0.29) is 25.0 Å². The molecule has 0 saturated heterocycles. The Hall–Kier alpha value is -1.76. The van der Waals surface area contributed by atoms with Crippen molar-refractivity contribution in [1.82, 2.24) is 10.2 Å². The summed E-state index contributed by atoms with van der Waals surface area (Å²) in [6, 6.07) is 11.7. The smallest absolute Gasteiger partial charge is 0.261 e. The number of carbonyl (C=O) groups excluding carboxylic acids is 2. The zero-order valence-electron chi connectivity index (χ0n) is 15.5. The summed E-state index contributed by atoms with van der Waals surface area (Å²) in [6.07, 6.45) is 0.470. The summed E-state index contributed by atoms with van der Waals surface area (Å²) in [5.41, 5.74) is 0.863. The molecule has 0 radical (unpaired) electrons. The summed E-state index contributed by atoms with van der Waals surface area (Å²) in [6.45, 7) is 1.89. The maximum atomic E-state index is 12.9. The number of hydrogen-bond acceptors (Lipinski definition) is 3. The summed E-state index contributed by atoms with van der Waals surface area (Å²) in [5, 5.41) is 3.61. The van der Waals surface area contributed by atoms with Gasteiger partial charge >= 0.3 is 0 Å². The molecule has 2 amide bonds. The molecule has 0 aromatic heterocycles. The molecule has 2 aromatic carbocycles. The van der Waals surface area contributed by atoms with Crippen molar-refractivity contribution in [2.24, 2.45) is 0 Å². The monoisotopic (exact) mass is 486 g/mol. The van der Waals surface area contributed by atoms with Crippen LogP contribution in [0, 0.1) is 0 Å². The van der Waals surface area contributed by atoms with Gasteiger partial charge in [0.1, 0.15) is 11.8 Å². The highest BCUT2D eigenvalue weighted by atomic mass is 79.9.